The van der Waals surface area contributed by atoms with Crippen LogP contribution in [0.1, 0.15) is 17.4 Å². The number of aryl methyl sites for hydroxylation is 3. The van der Waals surface area contributed by atoms with Crippen LogP contribution < -0.4 is 10.4 Å². The molecule has 0 spiro atoms. The number of nitrogens with zero attached hydrogens (tertiary/aromatic N) is 4. The summed E-state index contributed by atoms with van der Waals surface area (Å²) >= 11 is 5.93. The van der Waals surface area contributed by atoms with Gasteiger partial charge in [-0.25, -0.2) is 17.9 Å². The maximum atomic E-state index is 12.5. The van der Waals surface area contributed by atoms with E-state index in [-0.39, 0.29) is 21.3 Å². The molecule has 138 valence electrons. The fourth-order valence-electron chi connectivity index (χ4n) is 2.60. The quantitative estimate of drug-likeness (QED) is 0.702. The number of hydrogen-bond acceptors (Lipinski definition) is 5. The van der Waals surface area contributed by atoms with Crippen LogP contribution in [-0.2, 0) is 30.7 Å². The number of carbonyl (C=O) groups is 1. The summed E-state index contributed by atoms with van der Waals surface area (Å²) in [5, 5.41) is 4.00. The Hall–Kier alpha value is -2.59. The molecule has 0 aliphatic carbocycles. The standard InChI is InChI=1S/C15H16ClN5O4S/c1-4-21-8-10(16)13(17-21)14(22)18-26(24,25)9-5-6-11-12(7-9)20(3)15(23)19(11)2/h5-8H,4H2,1-3H3,(H,18,22). The van der Waals surface area contributed by atoms with Gasteiger partial charge < -0.3 is 0 Å². The van der Waals surface area contributed by atoms with Gasteiger partial charge in [-0.2, -0.15) is 5.10 Å². The number of hydrogen-bond donors (Lipinski definition) is 1. The molecule has 0 aliphatic rings. The van der Waals surface area contributed by atoms with E-state index >= 15 is 0 Å². The van der Waals surface area contributed by atoms with Gasteiger partial charge in [-0.05, 0) is 25.1 Å². The molecule has 0 bridgehead atoms. The van der Waals surface area contributed by atoms with Gasteiger partial charge in [0.2, 0.25) is 0 Å². The van der Waals surface area contributed by atoms with Crippen LogP contribution in [0.5, 0.6) is 0 Å². The lowest BCUT2D eigenvalue weighted by Gasteiger charge is -2.06. The van der Waals surface area contributed by atoms with Crippen LogP contribution in [0.25, 0.3) is 11.0 Å². The van der Waals surface area contributed by atoms with E-state index in [1.807, 2.05) is 4.72 Å². The summed E-state index contributed by atoms with van der Waals surface area (Å²) in [6, 6.07) is 4.16. The minimum absolute atomic E-state index is 0.0560. The normalized spacial score (nSPS) is 11.8. The predicted molar refractivity (Wildman–Crippen MR) is 95.7 cm³/mol. The van der Waals surface area contributed by atoms with Gasteiger partial charge in [0.1, 0.15) is 0 Å². The van der Waals surface area contributed by atoms with Crippen molar-refractivity contribution in [1.29, 1.82) is 0 Å². The number of carbonyl (C=O) groups excluding carboxylic acids is 1. The largest absolute Gasteiger partial charge is 0.328 e. The zero-order valence-corrected chi connectivity index (χ0v) is 15.8. The summed E-state index contributed by atoms with van der Waals surface area (Å²) in [5.74, 6) is -0.927. The van der Waals surface area contributed by atoms with E-state index in [0.29, 0.717) is 17.6 Å². The van der Waals surface area contributed by atoms with E-state index < -0.39 is 15.9 Å². The highest BCUT2D eigenvalue weighted by molar-refractivity contribution is 7.90. The van der Waals surface area contributed by atoms with Crippen LogP contribution in [-0.4, -0.2) is 33.2 Å². The number of sulfonamides is 1. The molecule has 0 radical (unpaired) electrons. The van der Waals surface area contributed by atoms with Gasteiger partial charge in [0.25, 0.3) is 15.9 Å². The van der Waals surface area contributed by atoms with Gasteiger partial charge >= 0.3 is 5.69 Å². The second-order valence-electron chi connectivity index (χ2n) is 5.67. The molecule has 26 heavy (non-hydrogen) atoms. The van der Waals surface area contributed by atoms with Crippen molar-refractivity contribution in [3.63, 3.8) is 0 Å². The SMILES string of the molecule is CCn1cc(Cl)c(C(=O)NS(=O)(=O)c2ccc3c(c2)n(C)c(=O)n3C)n1. The maximum absolute atomic E-state index is 12.5. The predicted octanol–water partition coefficient (Wildman–Crippen LogP) is 0.865. The monoisotopic (exact) mass is 397 g/mol. The highest BCUT2D eigenvalue weighted by Gasteiger charge is 2.24. The molecule has 2 aromatic heterocycles. The van der Waals surface area contributed by atoms with Crippen LogP contribution >= 0.6 is 11.6 Å². The van der Waals surface area contributed by atoms with Crippen molar-refractivity contribution in [3.8, 4) is 0 Å². The van der Waals surface area contributed by atoms with Crippen molar-refractivity contribution >= 4 is 38.6 Å². The molecule has 0 fully saturated rings. The molecular formula is C15H16ClN5O4S. The van der Waals surface area contributed by atoms with Crippen LogP contribution in [0.4, 0.5) is 0 Å². The number of benzene rings is 1. The lowest BCUT2D eigenvalue weighted by molar-refractivity contribution is 0.0976. The highest BCUT2D eigenvalue weighted by Crippen LogP contribution is 2.19. The van der Waals surface area contributed by atoms with Crippen LogP contribution in [0.2, 0.25) is 5.02 Å². The molecular weight excluding hydrogens is 382 g/mol. The van der Waals surface area contributed by atoms with Crippen molar-refractivity contribution < 1.29 is 13.2 Å². The molecule has 11 heteroatoms. The fourth-order valence-corrected chi connectivity index (χ4v) is 3.80. The zero-order valence-electron chi connectivity index (χ0n) is 14.2. The third-order valence-corrected chi connectivity index (χ3v) is 5.64. The number of halogens is 1. The van der Waals surface area contributed by atoms with E-state index in [0.717, 1.165) is 0 Å². The Morgan fingerprint density at radius 2 is 1.88 bits per heavy atom. The number of rotatable bonds is 4. The van der Waals surface area contributed by atoms with Gasteiger partial charge in [-0.1, -0.05) is 11.6 Å². The van der Waals surface area contributed by atoms with Crippen molar-refractivity contribution in [2.75, 3.05) is 0 Å². The molecule has 0 atom stereocenters. The highest BCUT2D eigenvalue weighted by atomic mass is 35.5. The Labute approximate surface area is 153 Å². The van der Waals surface area contributed by atoms with Crippen LogP contribution in [0, 0.1) is 0 Å². The first-order valence-electron chi connectivity index (χ1n) is 7.61. The van der Waals surface area contributed by atoms with Crippen LogP contribution in [0.15, 0.2) is 34.1 Å². The molecule has 1 N–H and O–H groups in total. The molecule has 2 heterocycles. The summed E-state index contributed by atoms with van der Waals surface area (Å²) in [7, 11) is -1.04. The number of imidazole rings is 1. The van der Waals surface area contributed by atoms with Gasteiger partial charge in [0.05, 0.1) is 21.0 Å². The van der Waals surface area contributed by atoms with Gasteiger partial charge in [0, 0.05) is 26.8 Å². The number of fused-ring (bicyclic) bond motifs is 1. The molecule has 1 amide bonds. The Morgan fingerprint density at radius 3 is 2.50 bits per heavy atom. The lowest BCUT2D eigenvalue weighted by Crippen LogP contribution is -2.31. The first-order chi connectivity index (χ1) is 12.2. The molecule has 1 aromatic carbocycles. The van der Waals surface area contributed by atoms with E-state index in [2.05, 4.69) is 5.10 Å². The van der Waals surface area contributed by atoms with Gasteiger partial charge in [0.15, 0.2) is 5.69 Å². The summed E-state index contributed by atoms with van der Waals surface area (Å²) in [6.07, 6.45) is 1.44. The van der Waals surface area contributed by atoms with Crippen molar-refractivity contribution in [1.82, 2.24) is 23.6 Å². The Morgan fingerprint density at radius 1 is 1.23 bits per heavy atom. The average molecular weight is 398 g/mol. The summed E-state index contributed by atoms with van der Waals surface area (Å²) in [5.41, 5.74) is 0.550. The van der Waals surface area contributed by atoms with Gasteiger partial charge in [-0.3, -0.25) is 18.6 Å². The Bertz CT molecular complexity index is 1190. The minimum Gasteiger partial charge on any atom is -0.295 e. The van der Waals surface area contributed by atoms with Crippen molar-refractivity contribution in [3.05, 3.63) is 45.6 Å². The second kappa shape index (κ2) is 6.29. The van der Waals surface area contributed by atoms with E-state index in [4.69, 9.17) is 11.6 Å². The molecule has 0 saturated heterocycles. The maximum Gasteiger partial charge on any atom is 0.328 e. The van der Waals surface area contributed by atoms with E-state index in [9.17, 15) is 18.0 Å². The fraction of sp³-hybridized carbons (Fsp3) is 0.267. The Kier molecular flexibility index (Phi) is 4.41. The molecule has 0 aliphatic heterocycles. The minimum atomic E-state index is -4.17. The second-order valence-corrected chi connectivity index (χ2v) is 7.76. The zero-order chi connectivity index (χ0) is 19.2. The molecule has 0 unspecified atom stereocenters. The third-order valence-electron chi connectivity index (χ3n) is 4.04. The van der Waals surface area contributed by atoms with E-state index in [1.165, 1.54) is 45.3 Å². The number of amides is 1. The molecule has 0 saturated carbocycles. The Balaban J connectivity index is 1.99. The lowest BCUT2D eigenvalue weighted by atomic mass is 10.3. The number of nitrogens with one attached hydrogen (secondary N) is 1. The smallest absolute Gasteiger partial charge is 0.295 e. The topological polar surface area (TPSA) is 108 Å². The first-order valence-corrected chi connectivity index (χ1v) is 9.47. The third kappa shape index (κ3) is 2.90. The van der Waals surface area contributed by atoms with E-state index in [1.54, 1.807) is 14.0 Å². The first kappa shape index (κ1) is 18.2. The average Bonchev–Trinajstić information content (AvgIpc) is 3.08. The summed E-state index contributed by atoms with van der Waals surface area (Å²) in [4.78, 5) is 24.1. The molecule has 3 aromatic rings. The van der Waals surface area contributed by atoms with Crippen molar-refractivity contribution in [2.45, 2.75) is 18.4 Å². The molecule has 9 nitrogen and oxygen atoms in total. The van der Waals surface area contributed by atoms with Crippen LogP contribution in [0.3, 0.4) is 0 Å². The van der Waals surface area contributed by atoms with Gasteiger partial charge in [-0.15, -0.1) is 0 Å². The van der Waals surface area contributed by atoms with Crippen molar-refractivity contribution in [2.24, 2.45) is 14.1 Å². The number of aromatic nitrogens is 4. The summed E-state index contributed by atoms with van der Waals surface area (Å²) in [6.45, 7) is 2.29. The summed E-state index contributed by atoms with van der Waals surface area (Å²) < 4.78 is 31.2. The molecule has 3 rings (SSSR count).